The van der Waals surface area contributed by atoms with Gasteiger partial charge >= 0.3 is 0 Å². The molecule has 0 amide bonds. The van der Waals surface area contributed by atoms with Gasteiger partial charge in [-0.1, -0.05) is 0 Å². The van der Waals surface area contributed by atoms with Crippen molar-refractivity contribution >= 4 is 0 Å². The number of nitro groups is 1. The van der Waals surface area contributed by atoms with Crippen LogP contribution in [0.2, 0.25) is 0 Å². The van der Waals surface area contributed by atoms with Crippen LogP contribution in [-0.4, -0.2) is 16.9 Å². The molecule has 1 aliphatic rings. The predicted molar refractivity (Wildman–Crippen MR) is 14.8 cm³/mol. The van der Waals surface area contributed by atoms with Crippen LogP contribution in [0.4, 0.5) is 0 Å². The molecule has 0 aliphatic carbocycles. The molecule has 0 radical (unpaired) electrons. The smallest absolute Gasteiger partial charge is 0.233 e. The van der Waals surface area contributed by atoms with E-state index in [1.54, 1.807) is 0 Å². The normalized spacial score (nSPS) is 17.7. The summed E-state index contributed by atoms with van der Waals surface area (Å²) in [6.45, 7) is 0.132. The van der Waals surface area contributed by atoms with E-state index in [2.05, 4.69) is 4.84 Å². The van der Waals surface area contributed by atoms with Gasteiger partial charge in [-0.2, -0.15) is 4.84 Å². The maximum absolute atomic E-state index is 9.37. The Balaban J connectivity index is 2.31. The molecule has 1 aliphatic heterocycles. The van der Waals surface area contributed by atoms with Crippen LogP contribution in [0.5, 0.6) is 0 Å². The fraction of sp³-hybridized carbons (Fsp3) is 1.00. The fourth-order valence-electron chi connectivity index (χ4n) is 0.120. The molecule has 0 spiro atoms. The Morgan fingerprint density at radius 3 is 2.50 bits per heavy atom. The summed E-state index contributed by atoms with van der Waals surface area (Å²) in [5.74, 6) is 0. The summed E-state index contributed by atoms with van der Waals surface area (Å²) in [7, 11) is 0. The first-order valence-corrected chi connectivity index (χ1v) is 1.35. The van der Waals surface area contributed by atoms with Gasteiger partial charge in [-0.05, 0) is 0 Å². The summed E-state index contributed by atoms with van der Waals surface area (Å²) in [5, 5.41) is 9.40. The van der Waals surface area contributed by atoms with Crippen LogP contribution < -0.4 is 0 Å². The van der Waals surface area contributed by atoms with Crippen molar-refractivity contribution in [3.63, 3.8) is 0 Å². The minimum atomic E-state index is -0.611. The van der Waals surface area contributed by atoms with Gasteiger partial charge in [0.2, 0.25) is 6.73 Å². The first-order valence-electron chi connectivity index (χ1n) is 1.35. The van der Waals surface area contributed by atoms with Crippen molar-refractivity contribution in [2.75, 3.05) is 6.73 Å². The Hall–Kier alpha value is -0.840. The van der Waals surface area contributed by atoms with E-state index >= 15 is 0 Å². The molecule has 1 saturated heterocycles. The third kappa shape index (κ3) is 0.389. The summed E-state index contributed by atoms with van der Waals surface area (Å²) < 4.78 is 0. The number of hydroxylamine groups is 1. The number of hydrogen-bond donors (Lipinski definition) is 0. The highest BCUT2D eigenvalue weighted by atomic mass is 16.9. The van der Waals surface area contributed by atoms with Gasteiger partial charge in [-0.3, -0.25) is 0 Å². The van der Waals surface area contributed by atoms with Crippen LogP contribution in [0.15, 0.2) is 0 Å². The van der Waals surface area contributed by atoms with E-state index in [4.69, 9.17) is 0 Å². The Morgan fingerprint density at radius 1 is 2.00 bits per heavy atom. The molecule has 0 bridgehead atoms. The van der Waals surface area contributed by atoms with Crippen LogP contribution in [0, 0.1) is 10.1 Å². The molecule has 5 nitrogen and oxygen atoms in total. The monoisotopic (exact) mass is 90.0 g/mol. The van der Waals surface area contributed by atoms with Crippen LogP contribution in [0.1, 0.15) is 0 Å². The zero-order valence-electron chi connectivity index (χ0n) is 2.83. The molecule has 0 atom stereocenters. The van der Waals surface area contributed by atoms with E-state index in [9.17, 15) is 10.1 Å². The Labute approximate surface area is 33.2 Å². The molecule has 0 aromatic carbocycles. The van der Waals surface area contributed by atoms with Crippen molar-refractivity contribution in [3.8, 4) is 0 Å². The maximum Gasteiger partial charge on any atom is 0.240 e. The average molecular weight is 90.0 g/mol. The lowest BCUT2D eigenvalue weighted by atomic mass is 11.5. The average Bonchev–Trinajstić information content (AvgIpc) is 2.06. The maximum atomic E-state index is 9.37. The molecule has 6 heavy (non-hydrogen) atoms. The van der Waals surface area contributed by atoms with E-state index in [0.717, 1.165) is 0 Å². The van der Waals surface area contributed by atoms with Gasteiger partial charge in [-0.25, -0.2) is 10.1 Å². The van der Waals surface area contributed by atoms with E-state index in [1.807, 2.05) is 0 Å². The second-order valence-electron chi connectivity index (χ2n) is 0.848. The van der Waals surface area contributed by atoms with Crippen LogP contribution in [-0.2, 0) is 4.84 Å². The van der Waals surface area contributed by atoms with Crippen molar-refractivity contribution in [1.82, 2.24) is 5.17 Å². The standard InChI is InChI=1S/CH2N2O3/c4-3(5)2-1-6-2/h1H2. The van der Waals surface area contributed by atoms with E-state index in [0.29, 0.717) is 5.17 Å². The van der Waals surface area contributed by atoms with Gasteiger partial charge in [0.15, 0.2) is 5.03 Å². The highest BCUT2D eigenvalue weighted by Crippen LogP contribution is 2.03. The number of rotatable bonds is 1. The minimum absolute atomic E-state index is 0.132. The largest absolute Gasteiger partial charge is 0.240 e. The highest BCUT2D eigenvalue weighted by molar-refractivity contribution is 4.20. The third-order valence-corrected chi connectivity index (χ3v) is 0.427. The first kappa shape index (κ1) is 3.35. The van der Waals surface area contributed by atoms with E-state index < -0.39 is 5.03 Å². The highest BCUT2D eigenvalue weighted by Gasteiger charge is 2.30. The number of nitrogens with zero attached hydrogens (tertiary/aromatic N) is 2. The van der Waals surface area contributed by atoms with Crippen LogP contribution in [0.3, 0.4) is 0 Å². The Bertz CT molecular complexity index is 76.9. The van der Waals surface area contributed by atoms with E-state index in [1.165, 1.54) is 0 Å². The topological polar surface area (TPSA) is 58.7 Å². The quantitative estimate of drug-likeness (QED) is 0.244. The van der Waals surface area contributed by atoms with Gasteiger partial charge in [0, 0.05) is 5.17 Å². The SMILES string of the molecule is O=[N+]([O-])N1CO1. The molecule has 0 aromatic rings. The lowest BCUT2D eigenvalue weighted by molar-refractivity contribution is -0.652. The van der Waals surface area contributed by atoms with Crippen LogP contribution >= 0.6 is 0 Å². The van der Waals surface area contributed by atoms with Crippen molar-refractivity contribution in [2.45, 2.75) is 0 Å². The van der Waals surface area contributed by atoms with Crippen molar-refractivity contribution < 1.29 is 9.87 Å². The zero-order valence-corrected chi connectivity index (χ0v) is 2.83. The summed E-state index contributed by atoms with van der Waals surface area (Å²) in [5.41, 5.74) is 0. The van der Waals surface area contributed by atoms with Crippen molar-refractivity contribution in [3.05, 3.63) is 10.1 Å². The molecule has 0 N–H and O–H groups in total. The van der Waals surface area contributed by atoms with Crippen molar-refractivity contribution in [1.29, 1.82) is 0 Å². The molecule has 0 unspecified atom stereocenters. The third-order valence-electron chi connectivity index (χ3n) is 0.427. The molecule has 34 valence electrons. The lowest BCUT2D eigenvalue weighted by Gasteiger charge is -1.75. The summed E-state index contributed by atoms with van der Waals surface area (Å²) in [4.78, 5) is 13.5. The molecule has 0 saturated carbocycles. The molecule has 5 heteroatoms. The predicted octanol–water partition coefficient (Wildman–Crippen LogP) is -0.617. The molecular formula is CH2N2O3. The zero-order chi connectivity index (χ0) is 4.57. The van der Waals surface area contributed by atoms with Crippen molar-refractivity contribution in [2.24, 2.45) is 0 Å². The summed E-state index contributed by atoms with van der Waals surface area (Å²) >= 11 is 0. The molecule has 0 aromatic heterocycles. The van der Waals surface area contributed by atoms with Crippen LogP contribution in [0.25, 0.3) is 0 Å². The molecule has 1 heterocycles. The number of hydrogen-bond acceptors (Lipinski definition) is 3. The Kier molecular flexibility index (Phi) is 0.453. The summed E-state index contributed by atoms with van der Waals surface area (Å²) in [6, 6.07) is 0. The second kappa shape index (κ2) is 0.810. The minimum Gasteiger partial charge on any atom is -0.233 e. The van der Waals surface area contributed by atoms with E-state index in [-0.39, 0.29) is 6.73 Å². The van der Waals surface area contributed by atoms with Gasteiger partial charge in [-0.15, -0.1) is 0 Å². The van der Waals surface area contributed by atoms with Gasteiger partial charge < -0.3 is 0 Å². The second-order valence-corrected chi connectivity index (χ2v) is 0.848. The van der Waals surface area contributed by atoms with Gasteiger partial charge in [0.1, 0.15) is 0 Å². The molecule has 1 rings (SSSR count). The Morgan fingerprint density at radius 2 is 2.50 bits per heavy atom. The lowest BCUT2D eigenvalue weighted by Crippen LogP contribution is -2.04. The molecular weight excluding hydrogens is 88.0 g/mol. The van der Waals surface area contributed by atoms with Gasteiger partial charge in [0.25, 0.3) is 0 Å². The molecule has 1 fully saturated rings. The number of hydrazine groups is 1. The van der Waals surface area contributed by atoms with Gasteiger partial charge in [0.05, 0.1) is 0 Å². The first-order chi connectivity index (χ1) is 2.80. The fourth-order valence-corrected chi connectivity index (χ4v) is 0.120. The summed E-state index contributed by atoms with van der Waals surface area (Å²) in [6.07, 6.45) is 0.